The molecule has 2 heterocycles. The Morgan fingerprint density at radius 2 is 1.96 bits per heavy atom. The quantitative estimate of drug-likeness (QED) is 0.804. The topological polar surface area (TPSA) is 47.6 Å². The van der Waals surface area contributed by atoms with Crippen molar-refractivity contribution in [2.75, 3.05) is 20.1 Å². The predicted molar refractivity (Wildman–Crippen MR) is 104 cm³/mol. The van der Waals surface area contributed by atoms with Crippen molar-refractivity contribution in [2.24, 2.45) is 0 Å². The van der Waals surface area contributed by atoms with E-state index in [1.54, 1.807) is 0 Å². The van der Waals surface area contributed by atoms with Crippen molar-refractivity contribution in [3.05, 3.63) is 35.9 Å². The van der Waals surface area contributed by atoms with E-state index in [1.165, 1.54) is 5.56 Å². The number of rotatable bonds is 3. The number of hydrogen-bond donors (Lipinski definition) is 2. The molecule has 0 unspecified atom stereocenters. The Bertz CT molecular complexity index is 626. The van der Waals surface area contributed by atoms with E-state index in [2.05, 4.69) is 41.5 Å². The molecule has 1 atom stereocenters. The number of hydrogen-bond acceptors (Lipinski definition) is 3. The van der Waals surface area contributed by atoms with Gasteiger partial charge >= 0.3 is 0 Å². The fraction of sp³-hybridized carbons (Fsp3) is 0.579. The van der Waals surface area contributed by atoms with Crippen LogP contribution in [0.3, 0.4) is 0 Å². The van der Waals surface area contributed by atoms with Crippen LogP contribution in [0.25, 0.3) is 0 Å². The van der Waals surface area contributed by atoms with Gasteiger partial charge in [0.2, 0.25) is 5.91 Å². The lowest BCUT2D eigenvalue weighted by Gasteiger charge is -2.44. The molecule has 2 aliphatic rings. The number of benzene rings is 1. The first-order valence-corrected chi connectivity index (χ1v) is 9.47. The molecule has 1 amide bonds. The molecule has 3 rings (SSSR count). The van der Waals surface area contributed by atoms with Gasteiger partial charge < -0.3 is 15.1 Å². The number of likely N-dealkylation sites (N-methyl/N-ethyl adjacent to an activating group) is 1. The zero-order valence-electron chi connectivity index (χ0n) is 15.3. The summed E-state index contributed by atoms with van der Waals surface area (Å²) in [6.07, 6.45) is 2.52. The van der Waals surface area contributed by atoms with Gasteiger partial charge in [-0.15, -0.1) is 0 Å². The maximum Gasteiger partial charge on any atom is 0.241 e. The average molecular weight is 361 g/mol. The molecule has 5 nitrogen and oxygen atoms in total. The van der Waals surface area contributed by atoms with Crippen LogP contribution < -0.4 is 10.6 Å². The van der Waals surface area contributed by atoms with Crippen LogP contribution in [0.1, 0.15) is 32.3 Å². The Balaban J connectivity index is 1.63. The molecule has 1 spiro atoms. The smallest absolute Gasteiger partial charge is 0.241 e. The van der Waals surface area contributed by atoms with E-state index in [0.717, 1.165) is 37.5 Å². The number of thiocarbonyl (C=S) groups is 1. The molecule has 1 aromatic carbocycles. The average Bonchev–Trinajstić information content (AvgIpc) is 2.81. The minimum atomic E-state index is -0.236. The van der Waals surface area contributed by atoms with Gasteiger partial charge in [0.15, 0.2) is 5.11 Å². The van der Waals surface area contributed by atoms with E-state index in [4.69, 9.17) is 12.2 Å². The van der Waals surface area contributed by atoms with E-state index in [0.29, 0.717) is 6.04 Å². The second kappa shape index (κ2) is 7.30. The number of amides is 1. The summed E-state index contributed by atoms with van der Waals surface area (Å²) in [6.45, 7) is 5.91. The molecule has 6 heteroatoms. The highest BCUT2D eigenvalue weighted by Gasteiger charge is 2.49. The first kappa shape index (κ1) is 18.1. The Hall–Kier alpha value is -1.66. The molecule has 0 saturated carbocycles. The molecule has 0 radical (unpaired) electrons. The van der Waals surface area contributed by atoms with Crippen LogP contribution in [0.4, 0.5) is 0 Å². The number of likely N-dealkylation sites (tertiary alicyclic amines) is 1. The van der Waals surface area contributed by atoms with Crippen molar-refractivity contribution < 1.29 is 4.79 Å². The van der Waals surface area contributed by atoms with Crippen LogP contribution in [-0.4, -0.2) is 58.7 Å². The van der Waals surface area contributed by atoms with Crippen LogP contribution in [0.15, 0.2) is 30.3 Å². The fourth-order valence-electron chi connectivity index (χ4n) is 3.81. The molecule has 25 heavy (non-hydrogen) atoms. The molecule has 1 aromatic rings. The Morgan fingerprint density at radius 1 is 1.32 bits per heavy atom. The summed E-state index contributed by atoms with van der Waals surface area (Å²) in [6, 6.07) is 10.4. The lowest BCUT2D eigenvalue weighted by atomic mass is 9.96. The fourth-order valence-corrected chi connectivity index (χ4v) is 4.23. The van der Waals surface area contributed by atoms with Crippen molar-refractivity contribution in [2.45, 2.75) is 50.9 Å². The monoisotopic (exact) mass is 360 g/mol. The van der Waals surface area contributed by atoms with E-state index >= 15 is 0 Å². The highest BCUT2D eigenvalue weighted by Crippen LogP contribution is 2.32. The molecule has 2 saturated heterocycles. The lowest BCUT2D eigenvalue weighted by molar-refractivity contribution is -0.131. The van der Waals surface area contributed by atoms with E-state index < -0.39 is 0 Å². The summed E-state index contributed by atoms with van der Waals surface area (Å²) in [4.78, 5) is 16.9. The van der Waals surface area contributed by atoms with Gasteiger partial charge in [-0.05, 0) is 38.0 Å². The van der Waals surface area contributed by atoms with Gasteiger partial charge in [0, 0.05) is 39.0 Å². The Kier molecular flexibility index (Phi) is 5.29. The first-order chi connectivity index (χ1) is 11.9. The van der Waals surface area contributed by atoms with Gasteiger partial charge in [-0.3, -0.25) is 10.1 Å². The standard InChI is InChI=1S/C19H28N4OS/c1-14(2)20-18(25)23-11-9-19(10-12-23)21-16(17(24)22(19)3)13-15-7-5-4-6-8-15/h4-8,14,16,21H,9-13H2,1-3H3,(H,20,25)/t16-/m1/s1. The summed E-state index contributed by atoms with van der Waals surface area (Å²) < 4.78 is 0. The molecular weight excluding hydrogens is 332 g/mol. The van der Waals surface area contributed by atoms with Crippen molar-refractivity contribution in [3.63, 3.8) is 0 Å². The highest BCUT2D eigenvalue weighted by atomic mass is 32.1. The molecule has 2 fully saturated rings. The summed E-state index contributed by atoms with van der Waals surface area (Å²) in [5, 5.41) is 7.77. The van der Waals surface area contributed by atoms with Gasteiger partial charge in [0.25, 0.3) is 0 Å². The van der Waals surface area contributed by atoms with E-state index in [9.17, 15) is 4.79 Å². The second-order valence-electron chi connectivity index (χ2n) is 7.41. The first-order valence-electron chi connectivity index (χ1n) is 9.06. The zero-order chi connectivity index (χ0) is 18.0. The lowest BCUT2D eigenvalue weighted by Crippen LogP contribution is -2.59. The summed E-state index contributed by atoms with van der Waals surface area (Å²) in [5.41, 5.74) is 0.957. The van der Waals surface area contributed by atoms with E-state index in [-0.39, 0.29) is 17.6 Å². The largest absolute Gasteiger partial charge is 0.360 e. The normalized spacial score (nSPS) is 22.7. The van der Waals surface area contributed by atoms with Gasteiger partial charge in [0.1, 0.15) is 0 Å². The minimum Gasteiger partial charge on any atom is -0.360 e. The minimum absolute atomic E-state index is 0.139. The van der Waals surface area contributed by atoms with Gasteiger partial charge in [-0.25, -0.2) is 0 Å². The van der Waals surface area contributed by atoms with Crippen LogP contribution in [0.2, 0.25) is 0 Å². The zero-order valence-corrected chi connectivity index (χ0v) is 16.1. The summed E-state index contributed by atoms with van der Waals surface area (Å²) in [5.74, 6) is 0.195. The molecule has 0 aliphatic carbocycles. The molecular formula is C19H28N4OS. The third-order valence-electron chi connectivity index (χ3n) is 5.29. The van der Waals surface area contributed by atoms with Crippen LogP contribution in [0, 0.1) is 0 Å². The molecule has 0 bridgehead atoms. The second-order valence-corrected chi connectivity index (χ2v) is 7.79. The number of carbonyl (C=O) groups excluding carboxylic acids is 1. The van der Waals surface area contributed by atoms with Crippen LogP contribution in [0.5, 0.6) is 0 Å². The van der Waals surface area contributed by atoms with Gasteiger partial charge in [0.05, 0.1) is 11.7 Å². The third-order valence-corrected chi connectivity index (χ3v) is 5.66. The maximum atomic E-state index is 12.8. The predicted octanol–water partition coefficient (Wildman–Crippen LogP) is 1.73. The molecule has 2 N–H and O–H groups in total. The SMILES string of the molecule is CC(C)NC(=S)N1CCC2(CC1)N[C@H](Cc1ccccc1)C(=O)N2C. The van der Waals surface area contributed by atoms with Crippen LogP contribution >= 0.6 is 12.2 Å². The van der Waals surface area contributed by atoms with Crippen molar-refractivity contribution in [1.82, 2.24) is 20.4 Å². The van der Waals surface area contributed by atoms with Crippen molar-refractivity contribution in [3.8, 4) is 0 Å². The summed E-state index contributed by atoms with van der Waals surface area (Å²) >= 11 is 5.49. The van der Waals surface area contributed by atoms with Crippen molar-refractivity contribution >= 4 is 23.2 Å². The Morgan fingerprint density at radius 3 is 2.56 bits per heavy atom. The molecule has 136 valence electrons. The van der Waals surface area contributed by atoms with Gasteiger partial charge in [-0.1, -0.05) is 30.3 Å². The van der Waals surface area contributed by atoms with Gasteiger partial charge in [-0.2, -0.15) is 0 Å². The Labute approximate surface area is 155 Å². The third kappa shape index (κ3) is 3.80. The number of nitrogens with one attached hydrogen (secondary N) is 2. The summed E-state index contributed by atoms with van der Waals surface area (Å²) in [7, 11) is 1.93. The van der Waals surface area contributed by atoms with E-state index in [1.807, 2.05) is 30.1 Å². The maximum absolute atomic E-state index is 12.8. The highest BCUT2D eigenvalue weighted by molar-refractivity contribution is 7.80. The van der Waals surface area contributed by atoms with Crippen molar-refractivity contribution in [1.29, 1.82) is 0 Å². The number of piperidine rings is 1. The number of nitrogens with zero attached hydrogens (tertiary/aromatic N) is 2. The molecule has 0 aromatic heterocycles. The molecule has 2 aliphatic heterocycles. The number of carbonyl (C=O) groups is 1. The van der Waals surface area contributed by atoms with Crippen LogP contribution in [-0.2, 0) is 11.2 Å².